The van der Waals surface area contributed by atoms with Gasteiger partial charge in [0.2, 0.25) is 35.4 Å². The largest absolute Gasteiger partial charge is 0.352 e. The maximum atomic E-state index is 13.6. The fourth-order valence-corrected chi connectivity index (χ4v) is 4.63. The molecule has 5 atom stereocenters. The summed E-state index contributed by atoms with van der Waals surface area (Å²) in [5.41, 5.74) is 0.770. The van der Waals surface area contributed by atoms with E-state index in [-0.39, 0.29) is 37.6 Å². The Balaban J connectivity index is 2.41. The molecule has 0 aromatic heterocycles. The summed E-state index contributed by atoms with van der Waals surface area (Å²) >= 11 is 0. The Kier molecular flexibility index (Phi) is 14.6. The van der Waals surface area contributed by atoms with Crippen molar-refractivity contribution in [2.24, 2.45) is 5.92 Å². The van der Waals surface area contributed by atoms with Gasteiger partial charge in [0.05, 0.1) is 0 Å². The van der Waals surface area contributed by atoms with Gasteiger partial charge >= 0.3 is 0 Å². The molecule has 6 N–H and O–H groups in total. The molecule has 1 heterocycles. The van der Waals surface area contributed by atoms with Gasteiger partial charge in [-0.05, 0) is 38.2 Å². The van der Waals surface area contributed by atoms with E-state index in [9.17, 15) is 28.8 Å². The van der Waals surface area contributed by atoms with Crippen molar-refractivity contribution in [1.82, 2.24) is 31.9 Å². The van der Waals surface area contributed by atoms with Gasteiger partial charge in [0, 0.05) is 19.4 Å². The Morgan fingerprint density at radius 1 is 0.791 bits per heavy atom. The van der Waals surface area contributed by atoms with Crippen LogP contribution < -0.4 is 31.9 Å². The highest BCUT2D eigenvalue weighted by Gasteiger charge is 2.32. The van der Waals surface area contributed by atoms with Gasteiger partial charge in [0.15, 0.2) is 0 Å². The number of rotatable bonds is 10. The molecule has 12 heteroatoms. The summed E-state index contributed by atoms with van der Waals surface area (Å²) in [5.74, 6) is -3.32. The average molecular weight is 601 g/mol. The number of unbranched alkanes of at least 4 members (excludes halogenated alkanes) is 3. The Bertz CT molecular complexity index is 1110. The molecule has 0 saturated carbocycles. The van der Waals surface area contributed by atoms with Gasteiger partial charge in [-0.15, -0.1) is 0 Å². The molecule has 0 aliphatic carbocycles. The Hall–Kier alpha value is -3.96. The molecule has 12 nitrogen and oxygen atoms in total. The summed E-state index contributed by atoms with van der Waals surface area (Å²) < 4.78 is 0. The third kappa shape index (κ3) is 12.4. The van der Waals surface area contributed by atoms with E-state index in [2.05, 4.69) is 38.8 Å². The van der Waals surface area contributed by atoms with Crippen molar-refractivity contribution in [2.45, 2.75) is 110 Å². The summed E-state index contributed by atoms with van der Waals surface area (Å²) in [5, 5.41) is 16.0. The van der Waals surface area contributed by atoms with Crippen molar-refractivity contribution in [3.8, 4) is 0 Å². The van der Waals surface area contributed by atoms with Gasteiger partial charge < -0.3 is 31.9 Å². The van der Waals surface area contributed by atoms with Crippen LogP contribution >= 0.6 is 0 Å². The topological polar surface area (TPSA) is 175 Å². The van der Waals surface area contributed by atoms with Gasteiger partial charge in [0.25, 0.3) is 0 Å². The number of nitrogens with one attached hydrogen (secondary N) is 6. The van der Waals surface area contributed by atoms with Crippen LogP contribution in [0.4, 0.5) is 0 Å². The minimum absolute atomic E-state index is 0.0218. The Morgan fingerprint density at radius 2 is 1.40 bits per heavy atom. The fourth-order valence-electron chi connectivity index (χ4n) is 4.63. The van der Waals surface area contributed by atoms with Crippen molar-refractivity contribution in [3.63, 3.8) is 0 Å². The molecule has 2 rings (SSSR count). The Labute approximate surface area is 254 Å². The average Bonchev–Trinajstić information content (AvgIpc) is 2.96. The van der Waals surface area contributed by atoms with Gasteiger partial charge in [-0.1, -0.05) is 70.4 Å². The van der Waals surface area contributed by atoms with Gasteiger partial charge in [-0.2, -0.15) is 0 Å². The van der Waals surface area contributed by atoms with Crippen LogP contribution in [0, 0.1) is 5.92 Å². The first-order chi connectivity index (χ1) is 20.4. The second kappa shape index (κ2) is 17.9. The molecule has 1 saturated heterocycles. The standard InChI is InChI=1S/C31H48N6O6/c1-6-7-8-12-15-26(38)35-25-18-32-27(39)20(4)33-28(40)21(5)34-29(41)23(16-19(2)3)36-30(42)24(37-31(25)43)17-22-13-10-9-11-14-22/h9-11,13-14,19-21,23-25H,6-8,12,15-18H2,1-5H3,(H,32,39)(H,33,40)(H,34,41)(H,35,38)(H,36,42)(H,37,43)/t20-,21-,23-,24-,25-/m1/s1. The zero-order valence-electron chi connectivity index (χ0n) is 26.0. The van der Waals surface area contributed by atoms with Gasteiger partial charge in [-0.25, -0.2) is 0 Å². The second-order valence-corrected chi connectivity index (χ2v) is 11.6. The molecule has 43 heavy (non-hydrogen) atoms. The molecule has 0 radical (unpaired) electrons. The lowest BCUT2D eigenvalue weighted by molar-refractivity contribution is -0.135. The Morgan fingerprint density at radius 3 is 2.05 bits per heavy atom. The fraction of sp³-hybridized carbons (Fsp3) is 0.613. The van der Waals surface area contributed by atoms with Crippen molar-refractivity contribution in [2.75, 3.05) is 6.54 Å². The minimum Gasteiger partial charge on any atom is -0.352 e. The molecule has 1 aliphatic rings. The van der Waals surface area contributed by atoms with E-state index < -0.39 is 59.7 Å². The summed E-state index contributed by atoms with van der Waals surface area (Å²) in [6.07, 6.45) is 4.14. The highest BCUT2D eigenvalue weighted by molar-refractivity contribution is 5.97. The van der Waals surface area contributed by atoms with Crippen LogP contribution in [0.15, 0.2) is 30.3 Å². The number of hydrogen-bond acceptors (Lipinski definition) is 6. The molecule has 0 bridgehead atoms. The minimum atomic E-state index is -1.18. The van der Waals surface area contributed by atoms with Crippen molar-refractivity contribution in [1.29, 1.82) is 0 Å². The molecule has 1 aliphatic heterocycles. The van der Waals surface area contributed by atoms with E-state index in [1.165, 1.54) is 13.8 Å². The van der Waals surface area contributed by atoms with E-state index in [1.807, 2.05) is 44.2 Å². The quantitative estimate of drug-likeness (QED) is 0.217. The third-order valence-corrected chi connectivity index (χ3v) is 7.15. The van der Waals surface area contributed by atoms with E-state index in [4.69, 9.17) is 0 Å². The van der Waals surface area contributed by atoms with E-state index in [1.54, 1.807) is 0 Å². The van der Waals surface area contributed by atoms with Crippen LogP contribution in [0.5, 0.6) is 0 Å². The van der Waals surface area contributed by atoms with E-state index >= 15 is 0 Å². The van der Waals surface area contributed by atoms with Crippen LogP contribution in [0.25, 0.3) is 0 Å². The first-order valence-corrected chi connectivity index (χ1v) is 15.2. The van der Waals surface area contributed by atoms with Crippen LogP contribution in [-0.2, 0) is 35.2 Å². The number of carbonyl (C=O) groups is 6. The van der Waals surface area contributed by atoms with Crippen LogP contribution in [-0.4, -0.2) is 72.2 Å². The molecular weight excluding hydrogens is 552 g/mol. The predicted molar refractivity (Wildman–Crippen MR) is 162 cm³/mol. The summed E-state index contributed by atoms with van der Waals surface area (Å²) in [7, 11) is 0. The van der Waals surface area contributed by atoms with Crippen LogP contribution in [0.3, 0.4) is 0 Å². The number of amides is 6. The summed E-state index contributed by atoms with van der Waals surface area (Å²) in [4.78, 5) is 78.7. The number of hydrogen-bond donors (Lipinski definition) is 6. The summed E-state index contributed by atoms with van der Waals surface area (Å²) in [6.45, 7) is 8.56. The molecule has 6 amide bonds. The summed E-state index contributed by atoms with van der Waals surface area (Å²) in [6, 6.07) is 3.86. The molecule has 1 aromatic carbocycles. The molecule has 238 valence electrons. The van der Waals surface area contributed by atoms with Crippen molar-refractivity contribution in [3.05, 3.63) is 35.9 Å². The number of benzene rings is 1. The lowest BCUT2D eigenvalue weighted by Gasteiger charge is -2.28. The van der Waals surface area contributed by atoms with Crippen LogP contribution in [0.1, 0.15) is 78.7 Å². The highest BCUT2D eigenvalue weighted by Crippen LogP contribution is 2.09. The third-order valence-electron chi connectivity index (χ3n) is 7.15. The van der Waals surface area contributed by atoms with Crippen molar-refractivity contribution >= 4 is 35.4 Å². The van der Waals surface area contributed by atoms with Crippen LogP contribution in [0.2, 0.25) is 0 Å². The maximum Gasteiger partial charge on any atom is 0.245 e. The zero-order valence-corrected chi connectivity index (χ0v) is 26.0. The molecule has 0 unspecified atom stereocenters. The SMILES string of the molecule is CCCCCCC(=O)N[C@@H]1CNC(=O)[C@@H](C)NC(=O)[C@@H](C)NC(=O)[C@@H](CC(C)C)NC(=O)[C@@H](Cc2ccccc2)NC1=O. The first kappa shape index (κ1) is 35.2. The molecule has 1 fully saturated rings. The predicted octanol–water partition coefficient (Wildman–Crippen LogP) is 0.839. The number of carbonyl (C=O) groups excluding carboxylic acids is 6. The van der Waals surface area contributed by atoms with Crippen molar-refractivity contribution < 1.29 is 28.8 Å². The smallest absolute Gasteiger partial charge is 0.245 e. The second-order valence-electron chi connectivity index (χ2n) is 11.6. The molecule has 1 aromatic rings. The zero-order chi connectivity index (χ0) is 31.9. The van der Waals surface area contributed by atoms with Gasteiger partial charge in [0.1, 0.15) is 30.2 Å². The monoisotopic (exact) mass is 600 g/mol. The lowest BCUT2D eigenvalue weighted by Crippen LogP contribution is -2.61. The molecular formula is C31H48N6O6. The highest BCUT2D eigenvalue weighted by atomic mass is 16.2. The van der Waals surface area contributed by atoms with E-state index in [0.717, 1.165) is 24.8 Å². The van der Waals surface area contributed by atoms with E-state index in [0.29, 0.717) is 6.42 Å². The normalized spacial score (nSPS) is 24.3. The maximum absolute atomic E-state index is 13.6. The lowest BCUT2D eigenvalue weighted by atomic mass is 10.0. The van der Waals surface area contributed by atoms with Gasteiger partial charge in [-0.3, -0.25) is 28.8 Å². The molecule has 0 spiro atoms. The first-order valence-electron chi connectivity index (χ1n) is 15.2.